The number of alkyl halides is 2. The van der Waals surface area contributed by atoms with Gasteiger partial charge in [0.2, 0.25) is 0 Å². The third-order valence-corrected chi connectivity index (χ3v) is 2.42. The van der Waals surface area contributed by atoms with Crippen LogP contribution in [-0.4, -0.2) is 15.3 Å². The van der Waals surface area contributed by atoms with Crippen LogP contribution in [0.3, 0.4) is 0 Å². The zero-order chi connectivity index (χ0) is 10.9. The molecule has 0 bridgehead atoms. The second-order valence-electron chi connectivity index (χ2n) is 2.29. The van der Waals surface area contributed by atoms with Gasteiger partial charge in [-0.05, 0) is 27.5 Å². The van der Waals surface area contributed by atoms with Crippen LogP contribution in [0.15, 0.2) is 10.7 Å². The lowest BCUT2D eigenvalue weighted by molar-refractivity contribution is 0.107. The zero-order valence-corrected chi connectivity index (χ0v) is 8.81. The minimum absolute atomic E-state index is 0.285. The van der Waals surface area contributed by atoms with Gasteiger partial charge in [0.15, 0.2) is 0 Å². The van der Waals surface area contributed by atoms with Crippen molar-refractivity contribution in [2.75, 3.05) is 0 Å². The number of carbonyl (C=O) groups is 1. The molecule has 7 heteroatoms. The van der Waals surface area contributed by atoms with Crippen LogP contribution in [-0.2, 0) is 0 Å². The Kier molecular flexibility index (Phi) is 3.38. The molecule has 0 aliphatic rings. The van der Waals surface area contributed by atoms with Crippen molar-refractivity contribution in [3.05, 3.63) is 21.9 Å². The fourth-order valence-electron chi connectivity index (χ4n) is 0.832. The van der Waals surface area contributed by atoms with Crippen LogP contribution in [0.2, 0.25) is 0 Å². The van der Waals surface area contributed by atoms with E-state index in [1.54, 1.807) is 0 Å². The van der Waals surface area contributed by atoms with Gasteiger partial charge in [-0.25, -0.2) is 8.78 Å². The average molecular weight is 286 g/mol. The van der Waals surface area contributed by atoms with E-state index in [9.17, 15) is 13.6 Å². The van der Waals surface area contributed by atoms with E-state index in [2.05, 4.69) is 20.9 Å². The molecular weight excluding hydrogens is 283 g/mol. The van der Waals surface area contributed by atoms with E-state index in [1.165, 1.54) is 0 Å². The van der Waals surface area contributed by atoms with E-state index in [0.717, 1.165) is 6.20 Å². The number of carbonyl (C=O) groups excluding carboxylic acids is 1. The Morgan fingerprint density at radius 2 is 2.21 bits per heavy atom. The molecule has 1 N–H and O–H groups in total. The maximum absolute atomic E-state index is 12.3. The third-order valence-electron chi connectivity index (χ3n) is 1.43. The summed E-state index contributed by atoms with van der Waals surface area (Å²) in [4.78, 5) is 14.0. The third kappa shape index (κ3) is 2.01. The molecule has 0 radical (unpaired) electrons. The Morgan fingerprint density at radius 1 is 1.64 bits per heavy atom. The molecule has 0 spiro atoms. The fourth-order valence-corrected chi connectivity index (χ4v) is 1.80. The summed E-state index contributed by atoms with van der Waals surface area (Å²) in [5, 5.41) is 8.10. The lowest BCUT2D eigenvalue weighted by Gasteiger charge is -2.06. The van der Waals surface area contributed by atoms with Crippen molar-refractivity contribution < 1.29 is 18.7 Å². The molecule has 0 saturated heterocycles. The van der Waals surface area contributed by atoms with Crippen LogP contribution in [0.5, 0.6) is 5.75 Å². The number of hydrogen-bond donors (Lipinski definition) is 1. The maximum Gasteiger partial charge on any atom is 0.281 e. The van der Waals surface area contributed by atoms with Crippen molar-refractivity contribution in [3.63, 3.8) is 0 Å². The largest absolute Gasteiger partial charge is 0.505 e. The summed E-state index contributed by atoms with van der Waals surface area (Å²) in [7, 11) is 0. The van der Waals surface area contributed by atoms with E-state index in [4.69, 9.17) is 16.7 Å². The predicted molar refractivity (Wildman–Crippen MR) is 48.7 cm³/mol. The Balaban J connectivity index is 3.41. The molecule has 14 heavy (non-hydrogen) atoms. The lowest BCUT2D eigenvalue weighted by atomic mass is 10.2. The van der Waals surface area contributed by atoms with Gasteiger partial charge in [0.25, 0.3) is 11.7 Å². The summed E-state index contributed by atoms with van der Waals surface area (Å²) in [6.45, 7) is 0. The van der Waals surface area contributed by atoms with Gasteiger partial charge in [-0.2, -0.15) is 0 Å². The number of nitrogens with zero attached hydrogens (tertiary/aromatic N) is 1. The SMILES string of the molecule is O=C(Cl)c1c(O)cnc(C(F)F)c1Br. The van der Waals surface area contributed by atoms with E-state index < -0.39 is 28.7 Å². The molecule has 0 fully saturated rings. The first kappa shape index (κ1) is 11.3. The number of rotatable bonds is 2. The van der Waals surface area contributed by atoms with Gasteiger partial charge >= 0.3 is 0 Å². The van der Waals surface area contributed by atoms with Crippen molar-refractivity contribution in [2.24, 2.45) is 0 Å². The molecule has 0 atom stereocenters. The Hall–Kier alpha value is -0.750. The molecule has 1 aromatic heterocycles. The van der Waals surface area contributed by atoms with E-state index in [-0.39, 0.29) is 4.47 Å². The summed E-state index contributed by atoms with van der Waals surface area (Å²) < 4.78 is 24.3. The number of hydrogen-bond acceptors (Lipinski definition) is 3. The van der Waals surface area contributed by atoms with Gasteiger partial charge in [-0.15, -0.1) is 0 Å². The molecular formula is C7H3BrClF2NO2. The van der Waals surface area contributed by atoms with Gasteiger partial charge in [0, 0.05) is 0 Å². The molecule has 0 aliphatic carbocycles. The highest BCUT2D eigenvalue weighted by Gasteiger charge is 2.22. The van der Waals surface area contributed by atoms with E-state index in [0.29, 0.717) is 0 Å². The Morgan fingerprint density at radius 3 is 2.64 bits per heavy atom. The second-order valence-corrected chi connectivity index (χ2v) is 3.43. The molecule has 1 rings (SSSR count). The molecule has 0 aliphatic heterocycles. The highest BCUT2D eigenvalue weighted by molar-refractivity contribution is 9.10. The molecule has 3 nitrogen and oxygen atoms in total. The molecule has 0 saturated carbocycles. The molecule has 0 amide bonds. The van der Waals surface area contributed by atoms with Gasteiger partial charge in [0.1, 0.15) is 11.4 Å². The molecule has 0 aromatic carbocycles. The highest BCUT2D eigenvalue weighted by Crippen LogP contribution is 2.33. The van der Waals surface area contributed by atoms with Crippen LogP contribution in [0.25, 0.3) is 0 Å². The number of halogens is 4. The van der Waals surface area contributed by atoms with Gasteiger partial charge < -0.3 is 5.11 Å². The Bertz CT molecular complexity index is 386. The monoisotopic (exact) mass is 285 g/mol. The molecule has 76 valence electrons. The second kappa shape index (κ2) is 4.18. The summed E-state index contributed by atoms with van der Waals surface area (Å²) in [5.74, 6) is -0.540. The summed E-state index contributed by atoms with van der Waals surface area (Å²) >= 11 is 7.81. The predicted octanol–water partition coefficient (Wildman–Crippen LogP) is 2.87. The van der Waals surface area contributed by atoms with Crippen molar-refractivity contribution in [2.45, 2.75) is 6.43 Å². The van der Waals surface area contributed by atoms with Crippen LogP contribution in [0, 0.1) is 0 Å². The maximum atomic E-state index is 12.3. The first-order valence-corrected chi connectivity index (χ1v) is 4.47. The lowest BCUT2D eigenvalue weighted by Crippen LogP contribution is -1.99. The zero-order valence-electron chi connectivity index (χ0n) is 6.47. The van der Waals surface area contributed by atoms with Crippen molar-refractivity contribution in [1.82, 2.24) is 4.98 Å². The first-order chi connectivity index (χ1) is 6.45. The highest BCUT2D eigenvalue weighted by atomic mass is 79.9. The van der Waals surface area contributed by atoms with E-state index in [1.807, 2.05) is 0 Å². The summed E-state index contributed by atoms with van der Waals surface area (Å²) in [6.07, 6.45) is -2.10. The number of pyridine rings is 1. The van der Waals surface area contributed by atoms with Crippen molar-refractivity contribution >= 4 is 32.8 Å². The van der Waals surface area contributed by atoms with Gasteiger partial charge in [-0.3, -0.25) is 9.78 Å². The van der Waals surface area contributed by atoms with Gasteiger partial charge in [0.05, 0.1) is 16.2 Å². The van der Waals surface area contributed by atoms with Crippen molar-refractivity contribution in [1.29, 1.82) is 0 Å². The minimum atomic E-state index is -2.85. The standard InChI is InChI=1S/C7H3BrClF2NO2/c8-4-3(6(9)14)2(13)1-12-5(4)7(10)11/h1,7,13H. The van der Waals surface area contributed by atoms with Crippen LogP contribution in [0.1, 0.15) is 22.5 Å². The normalized spacial score (nSPS) is 10.6. The quantitative estimate of drug-likeness (QED) is 0.851. The average Bonchev–Trinajstić information content (AvgIpc) is 2.02. The van der Waals surface area contributed by atoms with Crippen LogP contribution < -0.4 is 0 Å². The fraction of sp³-hybridized carbons (Fsp3) is 0.143. The van der Waals surface area contributed by atoms with Crippen LogP contribution in [0.4, 0.5) is 8.78 Å². The molecule has 1 heterocycles. The molecule has 1 aromatic rings. The topological polar surface area (TPSA) is 50.2 Å². The Labute approximate surface area is 90.8 Å². The van der Waals surface area contributed by atoms with Gasteiger partial charge in [-0.1, -0.05) is 0 Å². The smallest absolute Gasteiger partial charge is 0.281 e. The first-order valence-electron chi connectivity index (χ1n) is 3.30. The van der Waals surface area contributed by atoms with Crippen molar-refractivity contribution in [3.8, 4) is 5.75 Å². The number of aromatic hydroxyl groups is 1. The van der Waals surface area contributed by atoms with E-state index >= 15 is 0 Å². The number of aromatic nitrogens is 1. The summed E-state index contributed by atoms with van der Waals surface area (Å²) in [6, 6.07) is 0. The summed E-state index contributed by atoms with van der Waals surface area (Å²) in [5.41, 5.74) is -1.04. The minimum Gasteiger partial charge on any atom is -0.505 e. The van der Waals surface area contributed by atoms with Crippen LogP contribution >= 0.6 is 27.5 Å². The molecule has 0 unspecified atom stereocenters.